The predicted molar refractivity (Wildman–Crippen MR) is 83.1 cm³/mol. The first-order valence-electron chi connectivity index (χ1n) is 6.81. The van der Waals surface area contributed by atoms with E-state index in [-0.39, 0.29) is 22.8 Å². The third-order valence-corrected chi connectivity index (χ3v) is 3.11. The van der Waals surface area contributed by atoms with Gasteiger partial charge in [0.05, 0.1) is 5.71 Å². The maximum Gasteiger partial charge on any atom is 0.348 e. The van der Waals surface area contributed by atoms with Crippen molar-refractivity contribution in [1.82, 2.24) is 5.43 Å². The second-order valence-electron chi connectivity index (χ2n) is 4.89. The number of hydrogen-bond acceptors (Lipinski definition) is 6. The maximum atomic E-state index is 11.9. The highest BCUT2D eigenvalue weighted by Crippen LogP contribution is 2.15. The molecule has 23 heavy (non-hydrogen) atoms. The number of amides is 1. The van der Waals surface area contributed by atoms with Gasteiger partial charge in [0.2, 0.25) is 0 Å². The van der Waals surface area contributed by atoms with Gasteiger partial charge < -0.3 is 14.6 Å². The average Bonchev–Trinajstić information content (AvgIpc) is 2.51. The lowest BCUT2D eigenvalue weighted by Gasteiger charge is -2.09. The fourth-order valence-corrected chi connectivity index (χ4v) is 1.97. The third kappa shape index (κ3) is 3.83. The molecule has 0 bridgehead atoms. The minimum absolute atomic E-state index is 0.0601. The van der Waals surface area contributed by atoms with Crippen LogP contribution in [0.2, 0.25) is 0 Å². The van der Waals surface area contributed by atoms with Gasteiger partial charge in [-0.3, -0.25) is 4.79 Å². The van der Waals surface area contributed by atoms with Gasteiger partial charge in [-0.1, -0.05) is 30.3 Å². The molecule has 7 nitrogen and oxygen atoms in total. The van der Waals surface area contributed by atoms with Gasteiger partial charge in [-0.15, -0.1) is 0 Å². The Morgan fingerprint density at radius 3 is 2.57 bits per heavy atom. The summed E-state index contributed by atoms with van der Waals surface area (Å²) in [5, 5.41) is 23.4. The average molecular weight is 316 g/mol. The van der Waals surface area contributed by atoms with Gasteiger partial charge in [-0.05, 0) is 19.4 Å². The molecule has 0 unspecified atom stereocenters. The predicted octanol–water partition coefficient (Wildman–Crippen LogP) is 1.23. The van der Waals surface area contributed by atoms with E-state index in [0.29, 0.717) is 5.56 Å². The minimum atomic E-state index is -1.39. The minimum Gasteiger partial charge on any atom is -0.507 e. The molecule has 0 spiro atoms. The van der Waals surface area contributed by atoms with Crippen molar-refractivity contribution in [1.29, 1.82) is 0 Å². The lowest BCUT2D eigenvalue weighted by atomic mass is 10.1. The molecule has 2 aromatic rings. The van der Waals surface area contributed by atoms with E-state index in [1.54, 1.807) is 30.3 Å². The first-order valence-corrected chi connectivity index (χ1v) is 6.81. The van der Waals surface area contributed by atoms with E-state index < -0.39 is 17.6 Å². The molecule has 1 heterocycles. The monoisotopic (exact) mass is 316 g/mol. The second kappa shape index (κ2) is 6.89. The molecule has 1 aromatic carbocycles. The van der Waals surface area contributed by atoms with Crippen LogP contribution in [0.4, 0.5) is 0 Å². The van der Waals surface area contributed by atoms with Crippen LogP contribution in [0.3, 0.4) is 0 Å². The number of aliphatic hydroxyl groups excluding tert-OH is 1. The summed E-state index contributed by atoms with van der Waals surface area (Å²) in [4.78, 5) is 23.6. The highest BCUT2D eigenvalue weighted by molar-refractivity contribution is 6.01. The number of rotatable bonds is 4. The van der Waals surface area contributed by atoms with Crippen molar-refractivity contribution in [2.24, 2.45) is 5.10 Å². The van der Waals surface area contributed by atoms with Crippen LogP contribution in [0, 0.1) is 6.92 Å². The van der Waals surface area contributed by atoms with Gasteiger partial charge in [0.15, 0.2) is 6.10 Å². The van der Waals surface area contributed by atoms with Crippen LogP contribution in [-0.2, 0) is 4.79 Å². The summed E-state index contributed by atoms with van der Waals surface area (Å²) in [6, 6.07) is 9.61. The highest BCUT2D eigenvalue weighted by Gasteiger charge is 2.18. The first kappa shape index (κ1) is 16.4. The molecule has 0 saturated carbocycles. The van der Waals surface area contributed by atoms with Crippen LogP contribution in [0.15, 0.2) is 50.7 Å². The standard InChI is InChI=1S/C16H16N2O5/c1-9-8-12(19)13(16(22)23-9)10(2)17-18-15(21)14(20)11-6-4-3-5-7-11/h3-8,14,19-20H,1-2H3,(H,18,21)/b17-10-/t14-/m1/s1. The maximum absolute atomic E-state index is 11.9. The number of carbonyl (C=O) groups excluding carboxylic acids is 1. The fraction of sp³-hybridized carbons (Fsp3) is 0.188. The molecule has 1 atom stereocenters. The number of aromatic hydroxyl groups is 1. The Kier molecular flexibility index (Phi) is 4.92. The SMILES string of the molecule is C/C(=N/NC(=O)[C@H](O)c1ccccc1)c1c(O)cc(C)oc1=O. The molecule has 1 aromatic heterocycles. The van der Waals surface area contributed by atoms with Crippen LogP contribution in [0.5, 0.6) is 5.75 Å². The van der Waals surface area contributed by atoms with Crippen LogP contribution >= 0.6 is 0 Å². The van der Waals surface area contributed by atoms with Crippen molar-refractivity contribution in [3.8, 4) is 5.75 Å². The van der Waals surface area contributed by atoms with E-state index in [4.69, 9.17) is 4.42 Å². The van der Waals surface area contributed by atoms with Crippen molar-refractivity contribution < 1.29 is 19.4 Å². The topological polar surface area (TPSA) is 112 Å². The molecule has 0 fully saturated rings. The van der Waals surface area contributed by atoms with Crippen LogP contribution in [-0.4, -0.2) is 21.8 Å². The number of benzene rings is 1. The first-order chi connectivity index (χ1) is 10.9. The lowest BCUT2D eigenvalue weighted by molar-refractivity contribution is -0.129. The second-order valence-corrected chi connectivity index (χ2v) is 4.89. The van der Waals surface area contributed by atoms with Gasteiger partial charge in [-0.25, -0.2) is 10.2 Å². The van der Waals surface area contributed by atoms with Crippen molar-refractivity contribution in [2.75, 3.05) is 0 Å². The molecule has 1 amide bonds. The van der Waals surface area contributed by atoms with Crippen molar-refractivity contribution in [3.63, 3.8) is 0 Å². The van der Waals surface area contributed by atoms with Crippen molar-refractivity contribution in [2.45, 2.75) is 20.0 Å². The smallest absolute Gasteiger partial charge is 0.348 e. The summed E-state index contributed by atoms with van der Waals surface area (Å²) in [6.45, 7) is 2.95. The van der Waals surface area contributed by atoms with Crippen molar-refractivity contribution >= 4 is 11.6 Å². The third-order valence-electron chi connectivity index (χ3n) is 3.11. The van der Waals surface area contributed by atoms with E-state index in [9.17, 15) is 19.8 Å². The molecule has 3 N–H and O–H groups in total. The molecule has 2 rings (SSSR count). The highest BCUT2D eigenvalue weighted by atomic mass is 16.4. The summed E-state index contributed by atoms with van der Waals surface area (Å²) in [6.07, 6.45) is -1.39. The molecule has 0 aliphatic rings. The number of carbonyl (C=O) groups is 1. The molecule has 120 valence electrons. The molecule has 0 saturated heterocycles. The van der Waals surface area contributed by atoms with Crippen molar-refractivity contribution in [3.05, 3.63) is 63.7 Å². The zero-order valence-electron chi connectivity index (χ0n) is 12.6. The number of nitrogens with zero attached hydrogens (tertiary/aromatic N) is 1. The summed E-state index contributed by atoms with van der Waals surface area (Å²) in [5.74, 6) is -0.794. The van der Waals surface area contributed by atoms with Gasteiger partial charge in [-0.2, -0.15) is 5.10 Å². The summed E-state index contributed by atoms with van der Waals surface area (Å²) in [5.41, 5.74) is 1.72. The van der Waals surface area contributed by atoms with E-state index >= 15 is 0 Å². The Labute approximate surface area is 131 Å². The lowest BCUT2D eigenvalue weighted by Crippen LogP contribution is -2.27. The van der Waals surface area contributed by atoms with Crippen LogP contribution < -0.4 is 11.1 Å². The Balaban J connectivity index is 2.17. The summed E-state index contributed by atoms with van der Waals surface area (Å²) in [7, 11) is 0. The molecule has 0 aliphatic heterocycles. The quantitative estimate of drug-likeness (QED) is 0.580. The van der Waals surface area contributed by atoms with E-state index in [1.807, 2.05) is 0 Å². The molecule has 0 aliphatic carbocycles. The van der Waals surface area contributed by atoms with E-state index in [1.165, 1.54) is 19.9 Å². The summed E-state index contributed by atoms with van der Waals surface area (Å²) >= 11 is 0. The largest absolute Gasteiger partial charge is 0.507 e. The molecule has 0 radical (unpaired) electrons. The molecular formula is C16H16N2O5. The Hall–Kier alpha value is -2.93. The van der Waals surface area contributed by atoms with Gasteiger partial charge in [0.1, 0.15) is 17.1 Å². The number of aryl methyl sites for hydroxylation is 1. The summed E-state index contributed by atoms with van der Waals surface area (Å²) < 4.78 is 4.88. The fourth-order valence-electron chi connectivity index (χ4n) is 1.97. The normalized spacial score (nSPS) is 12.7. The van der Waals surface area contributed by atoms with Gasteiger partial charge >= 0.3 is 5.63 Å². The van der Waals surface area contributed by atoms with Crippen LogP contribution in [0.1, 0.15) is 29.9 Å². The number of hydrazone groups is 1. The Morgan fingerprint density at radius 1 is 1.30 bits per heavy atom. The molecule has 7 heteroatoms. The Bertz CT molecular complexity index is 796. The number of aliphatic hydroxyl groups is 1. The zero-order valence-corrected chi connectivity index (χ0v) is 12.6. The zero-order chi connectivity index (χ0) is 17.0. The van der Waals surface area contributed by atoms with E-state index in [2.05, 4.69) is 10.5 Å². The van der Waals surface area contributed by atoms with Gasteiger partial charge in [0, 0.05) is 6.07 Å². The van der Waals surface area contributed by atoms with Crippen LogP contribution in [0.25, 0.3) is 0 Å². The molecular weight excluding hydrogens is 300 g/mol. The van der Waals surface area contributed by atoms with Gasteiger partial charge in [0.25, 0.3) is 5.91 Å². The number of nitrogens with one attached hydrogen (secondary N) is 1. The van der Waals surface area contributed by atoms with E-state index in [0.717, 1.165) is 0 Å². The Morgan fingerprint density at radius 2 is 1.96 bits per heavy atom. The number of hydrogen-bond donors (Lipinski definition) is 3.